The lowest BCUT2D eigenvalue weighted by Gasteiger charge is -2.30. The maximum absolute atomic E-state index is 15.0. The number of phosphoric acid groups is 1. The molecule has 0 bridgehead atoms. The molecule has 69 heavy (non-hydrogen) atoms. The fourth-order valence-corrected chi connectivity index (χ4v) is 10.2. The lowest BCUT2D eigenvalue weighted by Crippen LogP contribution is -2.46. The first-order valence-corrected chi connectivity index (χ1v) is 26.3. The number of rotatable bonds is 33. The summed E-state index contributed by atoms with van der Waals surface area (Å²) in [4.78, 5) is 6.97. The van der Waals surface area contributed by atoms with Crippen LogP contribution in [0.15, 0.2) is 53.5 Å². The summed E-state index contributed by atoms with van der Waals surface area (Å²) >= 11 is 6.51. The summed E-state index contributed by atoms with van der Waals surface area (Å²) in [5, 5.41) is 28.1. The van der Waals surface area contributed by atoms with E-state index < -0.39 is 50.2 Å². The number of nitriles is 2. The Hall–Kier alpha value is -4.64. The minimum absolute atomic E-state index is 0.0217. The fourth-order valence-electron chi connectivity index (χ4n) is 8.69. The largest absolute Gasteiger partial charge is 0.530 e. The molecule has 1 aromatic heterocycles. The molecule has 0 spiro atoms. The number of aromatic amines is 1. The number of phosphoric ester groups is 1. The number of para-hydroxylation sites is 1. The number of benzene rings is 2. The third-order valence-corrected chi connectivity index (χ3v) is 14.0. The van der Waals surface area contributed by atoms with E-state index in [2.05, 4.69) is 29.0 Å². The van der Waals surface area contributed by atoms with Crippen molar-refractivity contribution < 1.29 is 46.6 Å². The van der Waals surface area contributed by atoms with Crippen molar-refractivity contribution in [1.29, 1.82) is 15.9 Å². The Morgan fingerprint density at radius 1 is 0.870 bits per heavy atom. The molecular weight excluding hydrogens is 923 g/mol. The maximum atomic E-state index is 15.0. The van der Waals surface area contributed by atoms with Crippen LogP contribution in [0.25, 0.3) is 0 Å². The van der Waals surface area contributed by atoms with Crippen molar-refractivity contribution in [2.24, 2.45) is 10.7 Å². The third kappa shape index (κ3) is 16.2. The van der Waals surface area contributed by atoms with E-state index in [0.29, 0.717) is 23.6 Å². The second kappa shape index (κ2) is 27.7. The Balaban J connectivity index is 1.27. The minimum atomic E-state index is -4.68. The highest BCUT2D eigenvalue weighted by Crippen LogP contribution is 2.55. The van der Waals surface area contributed by atoms with Crippen LogP contribution in [-0.2, 0) is 27.8 Å². The highest BCUT2D eigenvalue weighted by atomic mass is 35.5. The van der Waals surface area contributed by atoms with Crippen molar-refractivity contribution in [3.63, 3.8) is 0 Å². The monoisotopic (exact) mass is 994 g/mol. The number of nitrogens with one attached hydrogen (secondary N) is 2. The van der Waals surface area contributed by atoms with Gasteiger partial charge in [-0.05, 0) is 51.0 Å². The molecule has 16 nitrogen and oxygen atoms in total. The molecule has 6 atom stereocenters. The van der Waals surface area contributed by atoms with Crippen LogP contribution in [0, 0.1) is 28.1 Å². The molecule has 378 valence electrons. The molecule has 18 heteroatoms. The van der Waals surface area contributed by atoms with Crippen molar-refractivity contribution in [2.75, 3.05) is 27.4 Å². The summed E-state index contributed by atoms with van der Waals surface area (Å²) < 4.78 is 69.8. The first kappa shape index (κ1) is 55.3. The van der Waals surface area contributed by atoms with E-state index in [4.69, 9.17) is 64.7 Å². The van der Waals surface area contributed by atoms with E-state index >= 15 is 0 Å². The summed E-state index contributed by atoms with van der Waals surface area (Å²) in [6, 6.07) is 17.3. The molecule has 2 aliphatic rings. The molecule has 3 heterocycles. The van der Waals surface area contributed by atoms with Crippen LogP contribution >= 0.6 is 19.4 Å². The van der Waals surface area contributed by atoms with Gasteiger partial charge in [0.1, 0.15) is 83.9 Å². The molecule has 0 saturated carbocycles. The number of aromatic nitrogens is 1. The zero-order valence-corrected chi connectivity index (χ0v) is 42.6. The van der Waals surface area contributed by atoms with Crippen LogP contribution < -0.4 is 24.5 Å². The highest BCUT2D eigenvalue weighted by Gasteiger charge is 2.65. The number of H-pyrrole nitrogens is 1. The van der Waals surface area contributed by atoms with Gasteiger partial charge in [-0.3, -0.25) is 14.5 Å². The van der Waals surface area contributed by atoms with Gasteiger partial charge in [-0.25, -0.2) is 9.56 Å². The summed E-state index contributed by atoms with van der Waals surface area (Å²) in [5.41, 5.74) is 5.28. The Bertz CT molecular complexity index is 2220. The van der Waals surface area contributed by atoms with Crippen LogP contribution in [-0.4, -0.2) is 74.3 Å². The number of amidine groups is 1. The van der Waals surface area contributed by atoms with Gasteiger partial charge in [0.05, 0.1) is 31.5 Å². The number of nitrogens with two attached hydrogens (primary N) is 1. The molecule has 2 fully saturated rings. The second-order valence-corrected chi connectivity index (χ2v) is 20.1. The minimum Gasteiger partial charge on any atom is -0.495 e. The first-order valence-electron chi connectivity index (χ1n) is 24.5. The van der Waals surface area contributed by atoms with E-state index in [1.54, 1.807) is 56.3 Å². The van der Waals surface area contributed by atoms with Crippen LogP contribution in [0.2, 0.25) is 5.02 Å². The van der Waals surface area contributed by atoms with Crippen LogP contribution in [0.4, 0.5) is 0 Å². The predicted molar refractivity (Wildman–Crippen MR) is 265 cm³/mol. The maximum Gasteiger partial charge on any atom is 0.530 e. The van der Waals surface area contributed by atoms with Gasteiger partial charge in [0.25, 0.3) is 0 Å². The molecule has 2 aromatic carbocycles. The lowest BCUT2D eigenvalue weighted by atomic mass is 9.96. The number of halogens is 1. The van der Waals surface area contributed by atoms with Crippen molar-refractivity contribution in [3.8, 4) is 35.1 Å². The average molecular weight is 996 g/mol. The van der Waals surface area contributed by atoms with E-state index in [1.807, 2.05) is 0 Å². The first-order chi connectivity index (χ1) is 33.3. The number of hydrogen-bond acceptors (Lipinski definition) is 13. The summed E-state index contributed by atoms with van der Waals surface area (Å²) in [7, 11) is -1.77. The Morgan fingerprint density at radius 3 is 2.01 bits per heavy atom. The van der Waals surface area contributed by atoms with E-state index in [9.17, 15) is 15.1 Å². The van der Waals surface area contributed by atoms with Gasteiger partial charge in [-0.15, -0.1) is 0 Å². The molecular formula is C51H72ClN6O10P. The van der Waals surface area contributed by atoms with Crippen molar-refractivity contribution in [3.05, 3.63) is 70.5 Å². The number of nitrogens with zero attached hydrogens (tertiary/aromatic N) is 3. The van der Waals surface area contributed by atoms with Crippen LogP contribution in [0.1, 0.15) is 159 Å². The molecule has 2 aliphatic heterocycles. The van der Waals surface area contributed by atoms with Gasteiger partial charge < -0.3 is 43.7 Å². The lowest BCUT2D eigenvalue weighted by molar-refractivity contribution is -0.204. The van der Waals surface area contributed by atoms with Gasteiger partial charge in [0, 0.05) is 17.8 Å². The molecule has 3 aromatic rings. The topological polar surface area (TPSA) is 226 Å². The van der Waals surface area contributed by atoms with Crippen molar-refractivity contribution in [1.82, 2.24) is 4.98 Å². The second-order valence-electron chi connectivity index (χ2n) is 18.1. The number of fused-ring (bicyclic) bond motifs is 1. The van der Waals surface area contributed by atoms with Gasteiger partial charge in [0.2, 0.25) is 5.60 Å². The van der Waals surface area contributed by atoms with Crippen molar-refractivity contribution >= 4 is 31.6 Å². The summed E-state index contributed by atoms with van der Waals surface area (Å²) in [5.74, 6) is -0.175. The molecule has 5 rings (SSSR count). The quantitative estimate of drug-likeness (QED) is 0.0224. The van der Waals surface area contributed by atoms with E-state index in [-0.39, 0.29) is 40.3 Å². The standard InChI is InChI=1S/C51H72ClN6O10P/c1-6-7-8-9-10-11-12-13-14-15-16-17-18-19-20-21-22-25-37(64-38-30-44(60-4)39(32-53)45(31-38)61-5)33-62-69(59,68-43-27-24-23-26-40(43)52)63-35-51(34-54)48-47(65-50(2,3)67-48)46(66-51)41-28-29-42(58-41)49(56)57-36-55/h23-24,26-31,36-37,46-48,58H,6-22,25,33,35H2,1-5H3,(H3,55,56,57)/t37-,46+,47+,48+,51-,69?/m1/s1. The highest BCUT2D eigenvalue weighted by molar-refractivity contribution is 7.49. The zero-order chi connectivity index (χ0) is 49.7. The third-order valence-electron chi connectivity index (χ3n) is 12.3. The summed E-state index contributed by atoms with van der Waals surface area (Å²) in [6.45, 7) is 4.77. The summed E-state index contributed by atoms with van der Waals surface area (Å²) in [6.07, 6.45) is 19.0. The Morgan fingerprint density at radius 2 is 1.46 bits per heavy atom. The van der Waals surface area contributed by atoms with Gasteiger partial charge in [0.15, 0.2) is 5.79 Å². The molecule has 2 saturated heterocycles. The van der Waals surface area contributed by atoms with Gasteiger partial charge >= 0.3 is 7.82 Å². The molecule has 0 aliphatic carbocycles. The number of methoxy groups -OCH3 is 2. The predicted octanol–water partition coefficient (Wildman–Crippen LogP) is 12.4. The number of ether oxygens (including phenoxy) is 6. The SMILES string of the molecule is CCCCCCCCCCCCCCCCCCC[C@H](COP(=O)(OC[C@@]1(C#N)O[C@@H](c2ccc(C(N)=NC=N)[nH]2)[C@@H]2OC(C)(C)O[C@@H]21)Oc1ccccc1Cl)Oc1cc(OC)c(C#N)c(OC)c1. The smallest absolute Gasteiger partial charge is 0.495 e. The average Bonchev–Trinajstić information content (AvgIpc) is 4.04. The molecule has 0 radical (unpaired) electrons. The number of aliphatic imine (C=N–C) groups is 1. The van der Waals surface area contributed by atoms with E-state index in [1.165, 1.54) is 104 Å². The fraction of sp³-hybridized carbons (Fsp3) is 0.608. The molecule has 0 amide bonds. The Kier molecular flexibility index (Phi) is 22.2. The van der Waals surface area contributed by atoms with E-state index in [0.717, 1.165) is 32.0 Å². The molecule has 4 N–H and O–H groups in total. The Labute approximate surface area is 413 Å². The normalized spacial score (nSPS) is 20.9. The molecule has 1 unspecified atom stereocenters. The van der Waals surface area contributed by atoms with Crippen molar-refractivity contribution in [2.45, 2.75) is 172 Å². The van der Waals surface area contributed by atoms with Gasteiger partial charge in [-0.2, -0.15) is 10.5 Å². The van der Waals surface area contributed by atoms with Gasteiger partial charge in [-0.1, -0.05) is 133 Å². The number of hydrogen-bond donors (Lipinski definition) is 3. The number of unbranched alkanes of at least 4 members (excludes halogenated alkanes) is 16. The zero-order valence-electron chi connectivity index (χ0n) is 41.0. The van der Waals surface area contributed by atoms with Crippen LogP contribution in [0.3, 0.4) is 0 Å². The van der Waals surface area contributed by atoms with Crippen LogP contribution in [0.5, 0.6) is 23.0 Å².